The van der Waals surface area contributed by atoms with Crippen molar-refractivity contribution in [2.24, 2.45) is 10.9 Å². The molecule has 1 heterocycles. The van der Waals surface area contributed by atoms with Crippen LogP contribution in [0.4, 0.5) is 4.39 Å². The molecule has 29 heavy (non-hydrogen) atoms. The quantitative estimate of drug-likeness (QED) is 0.342. The first-order valence-electron chi connectivity index (χ1n) is 9.65. The average molecular weight is 510 g/mol. The summed E-state index contributed by atoms with van der Waals surface area (Å²) in [5.74, 6) is 0.826. The van der Waals surface area contributed by atoms with Gasteiger partial charge in [-0.15, -0.1) is 24.0 Å². The third-order valence-corrected chi connectivity index (χ3v) is 4.99. The van der Waals surface area contributed by atoms with Crippen molar-refractivity contribution in [2.45, 2.75) is 19.4 Å². The molecule has 2 aromatic rings. The van der Waals surface area contributed by atoms with Gasteiger partial charge >= 0.3 is 0 Å². The number of carbonyl (C=O) groups is 1. The molecule has 1 unspecified atom stereocenters. The fourth-order valence-electron chi connectivity index (χ4n) is 3.40. The van der Waals surface area contributed by atoms with E-state index < -0.39 is 0 Å². The Bertz CT molecular complexity index is 815. The second kappa shape index (κ2) is 11.7. The van der Waals surface area contributed by atoms with Crippen LogP contribution in [0, 0.1) is 11.7 Å². The van der Waals surface area contributed by atoms with Gasteiger partial charge in [0.2, 0.25) is 5.91 Å². The molecule has 0 spiro atoms. The standard InChI is InChI=1S/C22H27FN4O.HI/c1-24-22(26-15-19-9-5-6-10-20(19)23)25-14-18-13-21(28)27(16-18)12-11-17-7-3-2-4-8-17;/h2-10,18H,11-16H2,1H3,(H2,24,25,26);1H. The van der Waals surface area contributed by atoms with E-state index in [0.717, 1.165) is 19.5 Å². The molecule has 156 valence electrons. The zero-order valence-corrected chi connectivity index (χ0v) is 18.9. The van der Waals surface area contributed by atoms with Gasteiger partial charge in [0.25, 0.3) is 0 Å². The summed E-state index contributed by atoms with van der Waals surface area (Å²) in [6.07, 6.45) is 1.42. The molecule has 0 radical (unpaired) electrons. The minimum Gasteiger partial charge on any atom is -0.356 e. The first-order valence-corrected chi connectivity index (χ1v) is 9.65. The minimum absolute atomic E-state index is 0. The highest BCUT2D eigenvalue weighted by Gasteiger charge is 2.29. The Kier molecular flexibility index (Phi) is 9.37. The molecular weight excluding hydrogens is 482 g/mol. The van der Waals surface area contributed by atoms with E-state index in [9.17, 15) is 9.18 Å². The van der Waals surface area contributed by atoms with E-state index >= 15 is 0 Å². The molecule has 2 aromatic carbocycles. The van der Waals surface area contributed by atoms with Crippen molar-refractivity contribution in [3.63, 3.8) is 0 Å². The van der Waals surface area contributed by atoms with E-state index in [1.807, 2.05) is 29.2 Å². The first-order chi connectivity index (χ1) is 13.7. The number of nitrogens with one attached hydrogen (secondary N) is 2. The lowest BCUT2D eigenvalue weighted by Gasteiger charge is -2.18. The number of hydrogen-bond donors (Lipinski definition) is 2. The predicted molar refractivity (Wildman–Crippen MR) is 125 cm³/mol. The largest absolute Gasteiger partial charge is 0.356 e. The highest BCUT2D eigenvalue weighted by atomic mass is 127. The molecule has 1 saturated heterocycles. The van der Waals surface area contributed by atoms with Crippen LogP contribution in [0.25, 0.3) is 0 Å². The average Bonchev–Trinajstić information content (AvgIpc) is 3.08. The topological polar surface area (TPSA) is 56.7 Å². The molecule has 0 saturated carbocycles. The molecule has 1 aliphatic heterocycles. The normalized spacial score (nSPS) is 16.5. The number of likely N-dealkylation sites (tertiary alicyclic amines) is 1. The van der Waals surface area contributed by atoms with Crippen LogP contribution in [0.1, 0.15) is 17.5 Å². The highest BCUT2D eigenvalue weighted by Crippen LogP contribution is 2.17. The lowest BCUT2D eigenvalue weighted by Crippen LogP contribution is -2.40. The number of amides is 1. The molecule has 7 heteroatoms. The number of nitrogens with zero attached hydrogens (tertiary/aromatic N) is 2. The molecule has 1 aliphatic rings. The van der Waals surface area contributed by atoms with Crippen LogP contribution in [0.3, 0.4) is 0 Å². The summed E-state index contributed by atoms with van der Waals surface area (Å²) in [7, 11) is 1.68. The number of rotatable bonds is 7. The smallest absolute Gasteiger partial charge is 0.223 e. The molecule has 0 bridgehead atoms. The number of guanidine groups is 1. The van der Waals surface area contributed by atoms with Crippen molar-refractivity contribution in [3.05, 3.63) is 71.5 Å². The first kappa shape index (κ1) is 23.1. The molecule has 1 fully saturated rings. The lowest BCUT2D eigenvalue weighted by atomic mass is 10.1. The van der Waals surface area contributed by atoms with Crippen molar-refractivity contribution in [1.82, 2.24) is 15.5 Å². The summed E-state index contributed by atoms with van der Waals surface area (Å²) in [6, 6.07) is 16.9. The third kappa shape index (κ3) is 6.99. The van der Waals surface area contributed by atoms with Gasteiger partial charge in [-0.05, 0) is 18.1 Å². The van der Waals surface area contributed by atoms with Crippen LogP contribution < -0.4 is 10.6 Å². The van der Waals surface area contributed by atoms with E-state index in [1.165, 1.54) is 11.6 Å². The number of carbonyl (C=O) groups excluding carboxylic acids is 1. The van der Waals surface area contributed by atoms with Crippen molar-refractivity contribution < 1.29 is 9.18 Å². The molecule has 5 nitrogen and oxygen atoms in total. The number of halogens is 2. The van der Waals surface area contributed by atoms with Gasteiger partial charge in [0, 0.05) is 51.1 Å². The Morgan fingerprint density at radius 1 is 1.14 bits per heavy atom. The zero-order valence-electron chi connectivity index (χ0n) is 16.6. The van der Waals surface area contributed by atoms with Crippen molar-refractivity contribution in [3.8, 4) is 0 Å². The van der Waals surface area contributed by atoms with Gasteiger partial charge in [0.15, 0.2) is 5.96 Å². The van der Waals surface area contributed by atoms with Crippen LogP contribution >= 0.6 is 24.0 Å². The van der Waals surface area contributed by atoms with Crippen molar-refractivity contribution in [1.29, 1.82) is 0 Å². The summed E-state index contributed by atoms with van der Waals surface area (Å²) >= 11 is 0. The molecule has 3 rings (SSSR count). The summed E-state index contributed by atoms with van der Waals surface area (Å²) in [4.78, 5) is 18.4. The molecule has 2 N–H and O–H groups in total. The predicted octanol–water partition coefficient (Wildman–Crippen LogP) is 3.20. The Labute approximate surface area is 188 Å². The summed E-state index contributed by atoms with van der Waals surface area (Å²) in [5.41, 5.74) is 1.84. The number of benzene rings is 2. The molecule has 1 atom stereocenters. The fraction of sp³-hybridized carbons (Fsp3) is 0.364. The van der Waals surface area contributed by atoms with Crippen LogP contribution in [0.2, 0.25) is 0 Å². The second-order valence-electron chi connectivity index (χ2n) is 7.04. The molecular formula is C22H28FIN4O. The maximum atomic E-state index is 13.7. The van der Waals surface area contributed by atoms with Gasteiger partial charge in [0.05, 0.1) is 0 Å². The highest BCUT2D eigenvalue weighted by molar-refractivity contribution is 14.0. The minimum atomic E-state index is -0.235. The number of aliphatic imine (C=N–C) groups is 1. The Morgan fingerprint density at radius 3 is 2.59 bits per heavy atom. The van der Waals surface area contributed by atoms with E-state index in [0.29, 0.717) is 31.0 Å². The Balaban J connectivity index is 0.00000300. The maximum absolute atomic E-state index is 13.7. The van der Waals surface area contributed by atoms with Gasteiger partial charge in [-0.2, -0.15) is 0 Å². The molecule has 1 amide bonds. The van der Waals surface area contributed by atoms with E-state index in [1.54, 1.807) is 19.2 Å². The van der Waals surface area contributed by atoms with E-state index in [2.05, 4.69) is 27.8 Å². The van der Waals surface area contributed by atoms with Gasteiger partial charge in [0.1, 0.15) is 5.82 Å². The van der Waals surface area contributed by atoms with Crippen LogP contribution in [0.15, 0.2) is 59.6 Å². The molecule has 0 aromatic heterocycles. The third-order valence-electron chi connectivity index (χ3n) is 4.99. The van der Waals surface area contributed by atoms with Crippen molar-refractivity contribution in [2.75, 3.05) is 26.7 Å². The van der Waals surface area contributed by atoms with Gasteiger partial charge in [-0.1, -0.05) is 48.5 Å². The van der Waals surface area contributed by atoms with E-state index in [-0.39, 0.29) is 41.6 Å². The van der Waals surface area contributed by atoms with Crippen LogP contribution in [-0.4, -0.2) is 43.4 Å². The summed E-state index contributed by atoms with van der Waals surface area (Å²) in [5, 5.41) is 6.37. The number of hydrogen-bond acceptors (Lipinski definition) is 2. The second-order valence-corrected chi connectivity index (χ2v) is 7.04. The van der Waals surface area contributed by atoms with E-state index in [4.69, 9.17) is 0 Å². The fourth-order valence-corrected chi connectivity index (χ4v) is 3.40. The zero-order chi connectivity index (χ0) is 19.8. The monoisotopic (exact) mass is 510 g/mol. The Hall–Kier alpha value is -2.16. The lowest BCUT2D eigenvalue weighted by molar-refractivity contribution is -0.127. The van der Waals surface area contributed by atoms with Gasteiger partial charge in [-0.25, -0.2) is 4.39 Å². The summed E-state index contributed by atoms with van der Waals surface area (Å²) < 4.78 is 13.7. The van der Waals surface area contributed by atoms with Gasteiger partial charge < -0.3 is 15.5 Å². The van der Waals surface area contributed by atoms with Crippen molar-refractivity contribution >= 4 is 35.8 Å². The van der Waals surface area contributed by atoms with Gasteiger partial charge in [-0.3, -0.25) is 9.79 Å². The summed E-state index contributed by atoms with van der Waals surface area (Å²) in [6.45, 7) is 2.52. The Morgan fingerprint density at radius 2 is 1.86 bits per heavy atom. The van der Waals surface area contributed by atoms with Crippen LogP contribution in [0.5, 0.6) is 0 Å². The molecule has 0 aliphatic carbocycles. The maximum Gasteiger partial charge on any atom is 0.223 e. The SMILES string of the molecule is CN=C(NCc1ccccc1F)NCC1CC(=O)N(CCc2ccccc2)C1.I. The van der Waals surface area contributed by atoms with Crippen LogP contribution in [-0.2, 0) is 17.8 Å².